The van der Waals surface area contributed by atoms with E-state index in [9.17, 15) is 9.59 Å². The molecule has 0 spiro atoms. The summed E-state index contributed by atoms with van der Waals surface area (Å²) in [7, 11) is 3.05. The van der Waals surface area contributed by atoms with Crippen molar-refractivity contribution in [1.82, 2.24) is 4.90 Å². The number of nitrogens with zero attached hydrogens (tertiary/aromatic N) is 1. The Hall–Kier alpha value is -1.55. The number of hydrogen-bond acceptors (Lipinski definition) is 2. The highest BCUT2D eigenvalue weighted by molar-refractivity contribution is 6.41. The zero-order valence-electron chi connectivity index (χ0n) is 11.9. The van der Waals surface area contributed by atoms with E-state index in [1.54, 1.807) is 6.07 Å². The first kappa shape index (κ1) is 15.5. The zero-order chi connectivity index (χ0) is 14.8. The molecule has 0 aliphatic heterocycles. The van der Waals surface area contributed by atoms with Crippen molar-refractivity contribution in [2.75, 3.05) is 19.4 Å². The summed E-state index contributed by atoms with van der Waals surface area (Å²) in [5, 5.41) is 3.01. The molecule has 0 saturated heterocycles. The monoisotopic (exact) mass is 282 g/mol. The molecule has 19 heavy (non-hydrogen) atoms. The van der Waals surface area contributed by atoms with Gasteiger partial charge in [0.25, 0.3) is 0 Å². The van der Waals surface area contributed by atoms with E-state index < -0.39 is 11.8 Å². The lowest BCUT2D eigenvalue weighted by Crippen LogP contribution is -2.34. The van der Waals surface area contributed by atoms with Gasteiger partial charge < -0.3 is 10.2 Å². The molecule has 0 saturated carbocycles. The number of anilines is 1. The molecule has 1 rings (SSSR count). The van der Waals surface area contributed by atoms with E-state index in [0.29, 0.717) is 10.7 Å². The number of likely N-dealkylation sites (N-methyl/N-ethyl adjacent to an activating group) is 1. The molecule has 4 nitrogen and oxygen atoms in total. The highest BCUT2D eigenvalue weighted by atomic mass is 35.5. The first-order valence-electron chi connectivity index (χ1n) is 5.96. The van der Waals surface area contributed by atoms with Gasteiger partial charge in [0.1, 0.15) is 0 Å². The first-order chi connectivity index (χ1) is 8.64. The minimum absolute atomic E-state index is 0.136. The summed E-state index contributed by atoms with van der Waals surface area (Å²) in [6, 6.07) is 5.40. The molecule has 0 unspecified atom stereocenters. The van der Waals surface area contributed by atoms with Gasteiger partial charge in [0.15, 0.2) is 0 Å². The summed E-state index contributed by atoms with van der Waals surface area (Å²) in [6.45, 7) is 6.10. The number of hydrogen-bond donors (Lipinski definition) is 1. The second-order valence-corrected chi connectivity index (χ2v) is 5.95. The lowest BCUT2D eigenvalue weighted by atomic mass is 9.87. The maximum Gasteiger partial charge on any atom is 0.313 e. The Labute approximate surface area is 118 Å². The summed E-state index contributed by atoms with van der Waals surface area (Å²) in [6.07, 6.45) is 0. The summed E-state index contributed by atoms with van der Waals surface area (Å²) in [5.41, 5.74) is 1.24. The maximum atomic E-state index is 11.7. The predicted octanol–water partition coefficient (Wildman–Crippen LogP) is 2.66. The van der Waals surface area contributed by atoms with Crippen LogP contribution in [0.25, 0.3) is 0 Å². The van der Waals surface area contributed by atoms with Crippen molar-refractivity contribution in [2.45, 2.75) is 26.2 Å². The number of carbonyl (C=O) groups is 2. The van der Waals surface area contributed by atoms with Crippen LogP contribution in [0.15, 0.2) is 18.2 Å². The average Bonchev–Trinajstić information content (AvgIpc) is 2.29. The van der Waals surface area contributed by atoms with E-state index in [4.69, 9.17) is 11.6 Å². The highest BCUT2D eigenvalue weighted by Gasteiger charge is 2.21. The van der Waals surface area contributed by atoms with Crippen LogP contribution in [0, 0.1) is 0 Å². The third kappa shape index (κ3) is 3.70. The fourth-order valence-corrected chi connectivity index (χ4v) is 2.04. The van der Waals surface area contributed by atoms with Crippen molar-refractivity contribution in [2.24, 2.45) is 0 Å². The molecule has 0 bridgehead atoms. The number of nitrogens with one attached hydrogen (secondary N) is 1. The molecule has 0 radical (unpaired) electrons. The Kier molecular flexibility index (Phi) is 4.58. The predicted molar refractivity (Wildman–Crippen MR) is 77.5 cm³/mol. The largest absolute Gasteiger partial charge is 0.341 e. The Balaban J connectivity index is 3.04. The van der Waals surface area contributed by atoms with Gasteiger partial charge in [-0.2, -0.15) is 0 Å². The van der Waals surface area contributed by atoms with Crippen molar-refractivity contribution >= 4 is 29.1 Å². The molecule has 0 fully saturated rings. The number of carbonyl (C=O) groups excluding carboxylic acids is 2. The van der Waals surface area contributed by atoms with Crippen LogP contribution in [0.3, 0.4) is 0 Å². The SMILES string of the molecule is CN(C)C(=O)C(=O)Nc1cccc(C(C)(C)C)c1Cl. The molecule has 1 N–H and O–H groups in total. The van der Waals surface area contributed by atoms with Gasteiger partial charge in [-0.15, -0.1) is 0 Å². The van der Waals surface area contributed by atoms with Crippen LogP contribution in [0.1, 0.15) is 26.3 Å². The van der Waals surface area contributed by atoms with Crippen LogP contribution in [-0.2, 0) is 15.0 Å². The van der Waals surface area contributed by atoms with Crippen molar-refractivity contribution in [3.05, 3.63) is 28.8 Å². The van der Waals surface area contributed by atoms with Crippen molar-refractivity contribution < 1.29 is 9.59 Å². The second-order valence-electron chi connectivity index (χ2n) is 5.57. The number of amides is 2. The van der Waals surface area contributed by atoms with Gasteiger partial charge in [0, 0.05) is 14.1 Å². The molecular formula is C14H19ClN2O2. The molecular weight excluding hydrogens is 264 g/mol. The molecule has 0 heterocycles. The molecule has 2 amide bonds. The summed E-state index contributed by atoms with van der Waals surface area (Å²) >= 11 is 6.28. The normalized spacial score (nSPS) is 11.1. The average molecular weight is 283 g/mol. The van der Waals surface area contributed by atoms with Gasteiger partial charge in [-0.25, -0.2) is 0 Å². The number of benzene rings is 1. The van der Waals surface area contributed by atoms with Gasteiger partial charge in [0.2, 0.25) is 0 Å². The summed E-state index contributed by atoms with van der Waals surface area (Å²) in [4.78, 5) is 24.4. The van der Waals surface area contributed by atoms with Crippen LogP contribution in [0.5, 0.6) is 0 Å². The van der Waals surface area contributed by atoms with Crippen LogP contribution in [0.2, 0.25) is 5.02 Å². The van der Waals surface area contributed by atoms with Gasteiger partial charge in [-0.3, -0.25) is 9.59 Å². The van der Waals surface area contributed by atoms with Gasteiger partial charge in [0.05, 0.1) is 10.7 Å². The molecule has 0 aliphatic rings. The minimum atomic E-state index is -0.696. The second kappa shape index (κ2) is 5.61. The zero-order valence-corrected chi connectivity index (χ0v) is 12.6. The van der Waals surface area contributed by atoms with Crippen LogP contribution in [0.4, 0.5) is 5.69 Å². The van der Waals surface area contributed by atoms with Crippen LogP contribution in [-0.4, -0.2) is 30.8 Å². The Morgan fingerprint density at radius 3 is 2.26 bits per heavy atom. The van der Waals surface area contributed by atoms with Gasteiger partial charge >= 0.3 is 11.8 Å². The molecule has 104 valence electrons. The molecule has 5 heteroatoms. The van der Waals surface area contributed by atoms with E-state index in [1.807, 2.05) is 32.9 Å². The molecule has 1 aromatic rings. The van der Waals surface area contributed by atoms with E-state index in [1.165, 1.54) is 19.0 Å². The summed E-state index contributed by atoms with van der Waals surface area (Å²) < 4.78 is 0. The van der Waals surface area contributed by atoms with Crippen LogP contribution >= 0.6 is 11.6 Å². The fraction of sp³-hybridized carbons (Fsp3) is 0.429. The molecule has 0 atom stereocenters. The third-order valence-corrected chi connectivity index (χ3v) is 3.06. The minimum Gasteiger partial charge on any atom is -0.341 e. The lowest BCUT2D eigenvalue weighted by molar-refractivity contribution is -0.141. The van der Waals surface area contributed by atoms with Gasteiger partial charge in [-0.05, 0) is 17.0 Å². The highest BCUT2D eigenvalue weighted by Crippen LogP contribution is 2.34. The molecule has 0 aromatic heterocycles. The van der Waals surface area contributed by atoms with E-state index in [-0.39, 0.29) is 5.41 Å². The maximum absolute atomic E-state index is 11.7. The van der Waals surface area contributed by atoms with E-state index in [2.05, 4.69) is 5.32 Å². The lowest BCUT2D eigenvalue weighted by Gasteiger charge is -2.22. The summed E-state index contributed by atoms with van der Waals surface area (Å²) in [5.74, 6) is -1.31. The standard InChI is InChI=1S/C14H19ClN2O2/c1-14(2,3)9-7-6-8-10(11(9)15)16-12(18)13(19)17(4)5/h6-8H,1-5H3,(H,16,18). The third-order valence-electron chi connectivity index (χ3n) is 2.66. The van der Waals surface area contributed by atoms with E-state index in [0.717, 1.165) is 5.56 Å². The number of halogens is 1. The Bertz CT molecular complexity index is 505. The van der Waals surface area contributed by atoms with Crippen LogP contribution < -0.4 is 5.32 Å². The molecule has 0 aliphatic carbocycles. The van der Waals surface area contributed by atoms with Crippen molar-refractivity contribution in [1.29, 1.82) is 0 Å². The quantitative estimate of drug-likeness (QED) is 0.805. The van der Waals surface area contributed by atoms with Crippen molar-refractivity contribution in [3.8, 4) is 0 Å². The first-order valence-corrected chi connectivity index (χ1v) is 6.34. The fourth-order valence-electron chi connectivity index (χ4n) is 1.59. The smallest absolute Gasteiger partial charge is 0.313 e. The van der Waals surface area contributed by atoms with Gasteiger partial charge in [-0.1, -0.05) is 44.5 Å². The topological polar surface area (TPSA) is 49.4 Å². The Morgan fingerprint density at radius 1 is 1.21 bits per heavy atom. The molecule has 1 aromatic carbocycles. The van der Waals surface area contributed by atoms with Crippen molar-refractivity contribution in [3.63, 3.8) is 0 Å². The van der Waals surface area contributed by atoms with E-state index >= 15 is 0 Å². The Morgan fingerprint density at radius 2 is 1.79 bits per heavy atom. The number of rotatable bonds is 1.